The molecule has 0 bridgehead atoms. The monoisotopic (exact) mass is 242 g/mol. The molecule has 0 aromatic heterocycles. The molecule has 0 heterocycles. The first-order valence-electron chi connectivity index (χ1n) is 4.97. The van der Waals surface area contributed by atoms with E-state index in [0.29, 0.717) is 6.54 Å². The van der Waals surface area contributed by atoms with E-state index in [1.165, 1.54) is 0 Å². The van der Waals surface area contributed by atoms with E-state index in [1.807, 2.05) is 24.3 Å². The summed E-state index contributed by atoms with van der Waals surface area (Å²) in [7, 11) is 0. The van der Waals surface area contributed by atoms with Crippen molar-refractivity contribution in [2.24, 2.45) is 5.73 Å². The summed E-state index contributed by atoms with van der Waals surface area (Å²) in [5.74, 6) is -0.175. The van der Waals surface area contributed by atoms with E-state index >= 15 is 0 Å². The summed E-state index contributed by atoms with van der Waals surface area (Å²) < 4.78 is 0. The zero-order valence-corrected chi connectivity index (χ0v) is 9.57. The molecule has 0 aliphatic carbocycles. The lowest BCUT2D eigenvalue weighted by Crippen LogP contribution is -2.20. The molecule has 5 heteroatoms. The van der Waals surface area contributed by atoms with Crippen molar-refractivity contribution in [3.8, 4) is 0 Å². The number of nitrogens with two attached hydrogens (primary N) is 1. The Hall–Kier alpha value is -1.26. The van der Waals surface area contributed by atoms with Crippen molar-refractivity contribution in [2.45, 2.75) is 12.5 Å². The number of primary amides is 1. The number of aliphatic hydroxyl groups is 1. The summed E-state index contributed by atoms with van der Waals surface area (Å²) in [6, 6.07) is 7.33. The molecular formula is C11H15ClN2O2. The molecule has 1 unspecified atom stereocenters. The highest BCUT2D eigenvalue weighted by Crippen LogP contribution is 2.11. The summed E-state index contributed by atoms with van der Waals surface area (Å²) in [5, 5.41) is 12.3. The smallest absolute Gasteiger partial charge is 0.221 e. The fourth-order valence-corrected chi connectivity index (χ4v) is 1.39. The van der Waals surface area contributed by atoms with Gasteiger partial charge in [-0.2, -0.15) is 0 Å². The maximum atomic E-state index is 10.7. The Balaban J connectivity index is 2.56. The molecule has 88 valence electrons. The maximum Gasteiger partial charge on any atom is 0.221 e. The molecule has 1 aromatic carbocycles. The minimum Gasteiger partial charge on any atom is -0.390 e. The number of carbonyl (C=O) groups excluding carboxylic acids is 1. The molecular weight excluding hydrogens is 228 g/mol. The fraction of sp³-hybridized carbons (Fsp3) is 0.364. The molecule has 4 N–H and O–H groups in total. The number of hydrogen-bond donors (Lipinski definition) is 3. The number of carbonyl (C=O) groups is 1. The van der Waals surface area contributed by atoms with Crippen LogP contribution < -0.4 is 11.1 Å². The lowest BCUT2D eigenvalue weighted by Gasteiger charge is -2.10. The number of aliphatic hydroxyl groups excluding tert-OH is 1. The predicted octanol–water partition coefficient (Wildman–Crippen LogP) is 0.726. The Bertz CT molecular complexity index is 358. The molecule has 1 amide bonds. The van der Waals surface area contributed by atoms with E-state index in [4.69, 9.17) is 17.3 Å². The number of amides is 1. The van der Waals surface area contributed by atoms with Crippen LogP contribution in [0.5, 0.6) is 0 Å². The Labute approximate surface area is 99.4 Å². The lowest BCUT2D eigenvalue weighted by molar-refractivity contribution is -0.117. The second-order valence-electron chi connectivity index (χ2n) is 3.53. The normalized spacial score (nSPS) is 12.1. The average Bonchev–Trinajstić information content (AvgIpc) is 2.25. The van der Waals surface area contributed by atoms with Gasteiger partial charge in [0.25, 0.3) is 0 Å². The third kappa shape index (κ3) is 4.51. The van der Waals surface area contributed by atoms with Crippen molar-refractivity contribution in [1.82, 2.24) is 0 Å². The van der Waals surface area contributed by atoms with E-state index in [-0.39, 0.29) is 18.2 Å². The summed E-state index contributed by atoms with van der Waals surface area (Å²) in [6.45, 7) is 0.378. The molecule has 1 atom stereocenters. The number of halogens is 1. The van der Waals surface area contributed by atoms with Crippen LogP contribution in [0.1, 0.15) is 5.56 Å². The van der Waals surface area contributed by atoms with Gasteiger partial charge in [0, 0.05) is 12.2 Å². The highest BCUT2D eigenvalue weighted by atomic mass is 35.5. The number of benzene rings is 1. The van der Waals surface area contributed by atoms with Crippen molar-refractivity contribution in [3.63, 3.8) is 0 Å². The maximum absolute atomic E-state index is 10.7. The van der Waals surface area contributed by atoms with E-state index < -0.39 is 6.10 Å². The molecule has 0 aliphatic heterocycles. The van der Waals surface area contributed by atoms with Gasteiger partial charge in [0.05, 0.1) is 18.4 Å². The third-order valence-corrected chi connectivity index (χ3v) is 2.38. The molecule has 16 heavy (non-hydrogen) atoms. The van der Waals surface area contributed by atoms with Gasteiger partial charge < -0.3 is 16.2 Å². The fourth-order valence-electron chi connectivity index (χ4n) is 1.28. The van der Waals surface area contributed by atoms with Crippen LogP contribution in [-0.4, -0.2) is 29.5 Å². The highest BCUT2D eigenvalue weighted by Gasteiger charge is 2.03. The van der Waals surface area contributed by atoms with Gasteiger partial charge in [-0.3, -0.25) is 4.79 Å². The van der Waals surface area contributed by atoms with Gasteiger partial charge in [0.15, 0.2) is 0 Å². The summed E-state index contributed by atoms with van der Waals surface area (Å²) in [6.07, 6.45) is -0.366. The Morgan fingerprint density at radius 1 is 1.56 bits per heavy atom. The molecule has 4 nitrogen and oxygen atoms in total. The SMILES string of the molecule is NC(=O)Cc1cccc(NCC(O)CCl)c1. The van der Waals surface area contributed by atoms with Crippen molar-refractivity contribution in [1.29, 1.82) is 0 Å². The zero-order chi connectivity index (χ0) is 12.0. The second-order valence-corrected chi connectivity index (χ2v) is 3.84. The van der Waals surface area contributed by atoms with Gasteiger partial charge in [0.1, 0.15) is 0 Å². The standard InChI is InChI=1S/C11H15ClN2O2/c12-6-10(15)7-14-9-3-1-2-8(4-9)5-11(13)16/h1-4,10,14-15H,5-7H2,(H2,13,16). The quantitative estimate of drug-likeness (QED) is 0.644. The summed E-state index contributed by atoms with van der Waals surface area (Å²) >= 11 is 5.47. The van der Waals surface area contributed by atoms with Crippen LogP contribution in [0, 0.1) is 0 Å². The average molecular weight is 243 g/mol. The van der Waals surface area contributed by atoms with Crippen molar-refractivity contribution < 1.29 is 9.90 Å². The van der Waals surface area contributed by atoms with Crippen LogP contribution in [0.15, 0.2) is 24.3 Å². The second kappa shape index (κ2) is 6.35. The summed E-state index contributed by atoms with van der Waals surface area (Å²) in [4.78, 5) is 10.7. The van der Waals surface area contributed by atoms with Crippen LogP contribution >= 0.6 is 11.6 Å². The molecule has 0 radical (unpaired) electrons. The van der Waals surface area contributed by atoms with E-state index in [9.17, 15) is 9.90 Å². The van der Waals surface area contributed by atoms with Crippen LogP contribution in [0.2, 0.25) is 0 Å². The van der Waals surface area contributed by atoms with Crippen molar-refractivity contribution in [3.05, 3.63) is 29.8 Å². The number of alkyl halides is 1. The van der Waals surface area contributed by atoms with Crippen LogP contribution in [-0.2, 0) is 11.2 Å². The largest absolute Gasteiger partial charge is 0.390 e. The Morgan fingerprint density at radius 3 is 2.94 bits per heavy atom. The van der Waals surface area contributed by atoms with Gasteiger partial charge in [-0.1, -0.05) is 12.1 Å². The van der Waals surface area contributed by atoms with E-state index in [0.717, 1.165) is 11.3 Å². The molecule has 1 rings (SSSR count). The predicted molar refractivity (Wildman–Crippen MR) is 64.6 cm³/mol. The Morgan fingerprint density at radius 2 is 2.31 bits per heavy atom. The number of nitrogens with one attached hydrogen (secondary N) is 1. The molecule has 0 saturated carbocycles. The van der Waals surface area contributed by atoms with Crippen LogP contribution in [0.25, 0.3) is 0 Å². The van der Waals surface area contributed by atoms with Gasteiger partial charge >= 0.3 is 0 Å². The van der Waals surface area contributed by atoms with Gasteiger partial charge in [-0.05, 0) is 17.7 Å². The topological polar surface area (TPSA) is 75.4 Å². The minimum atomic E-state index is -0.582. The molecule has 0 aliphatic rings. The first-order valence-corrected chi connectivity index (χ1v) is 5.50. The molecule has 0 fully saturated rings. The molecule has 0 spiro atoms. The third-order valence-electron chi connectivity index (χ3n) is 2.03. The van der Waals surface area contributed by atoms with Crippen molar-refractivity contribution in [2.75, 3.05) is 17.7 Å². The summed E-state index contributed by atoms with van der Waals surface area (Å²) in [5.41, 5.74) is 6.78. The first kappa shape index (κ1) is 12.8. The highest BCUT2D eigenvalue weighted by molar-refractivity contribution is 6.18. The minimum absolute atomic E-state index is 0.188. The Kier molecular flexibility index (Phi) is 5.08. The van der Waals surface area contributed by atoms with Crippen molar-refractivity contribution >= 4 is 23.2 Å². The van der Waals surface area contributed by atoms with E-state index in [2.05, 4.69) is 5.32 Å². The van der Waals surface area contributed by atoms with Crippen LogP contribution in [0.3, 0.4) is 0 Å². The number of anilines is 1. The first-order chi connectivity index (χ1) is 7.61. The van der Waals surface area contributed by atoms with Crippen LogP contribution in [0.4, 0.5) is 5.69 Å². The molecule has 0 saturated heterocycles. The van der Waals surface area contributed by atoms with Gasteiger partial charge in [-0.25, -0.2) is 0 Å². The number of rotatable bonds is 6. The van der Waals surface area contributed by atoms with Gasteiger partial charge in [0.2, 0.25) is 5.91 Å². The van der Waals surface area contributed by atoms with Gasteiger partial charge in [-0.15, -0.1) is 11.6 Å². The molecule has 1 aromatic rings. The number of hydrogen-bond acceptors (Lipinski definition) is 3. The zero-order valence-electron chi connectivity index (χ0n) is 8.82. The van der Waals surface area contributed by atoms with E-state index in [1.54, 1.807) is 0 Å². The lowest BCUT2D eigenvalue weighted by atomic mass is 10.1.